The number of benzene rings is 1. The summed E-state index contributed by atoms with van der Waals surface area (Å²) in [6.45, 7) is 3.18. The molecule has 0 aliphatic rings. The molecule has 0 aliphatic carbocycles. The van der Waals surface area contributed by atoms with E-state index in [1.54, 1.807) is 11.7 Å². The summed E-state index contributed by atoms with van der Waals surface area (Å²) in [4.78, 5) is 11.7. The highest BCUT2D eigenvalue weighted by molar-refractivity contribution is 7.98. The molecule has 1 aromatic heterocycles. The van der Waals surface area contributed by atoms with Gasteiger partial charge in [0.25, 0.3) is 0 Å². The van der Waals surface area contributed by atoms with Crippen molar-refractivity contribution in [3.63, 3.8) is 0 Å². The van der Waals surface area contributed by atoms with Crippen LogP contribution in [0, 0.1) is 0 Å². The third kappa shape index (κ3) is 3.68. The van der Waals surface area contributed by atoms with E-state index in [4.69, 9.17) is 10.5 Å². The average molecular weight is 308 g/mol. The summed E-state index contributed by atoms with van der Waals surface area (Å²) in [5.74, 6) is 1.49. The van der Waals surface area contributed by atoms with Crippen LogP contribution in [0.3, 0.4) is 0 Å². The van der Waals surface area contributed by atoms with Crippen molar-refractivity contribution in [1.29, 1.82) is 0 Å². The van der Waals surface area contributed by atoms with E-state index in [1.807, 2.05) is 25.1 Å². The Hall–Kier alpha value is -1.73. The highest BCUT2D eigenvalue weighted by Crippen LogP contribution is 2.27. The summed E-state index contributed by atoms with van der Waals surface area (Å²) in [5.41, 5.74) is 7.61. The molecule has 0 saturated carbocycles. The van der Waals surface area contributed by atoms with Crippen LogP contribution < -0.4 is 16.2 Å². The molecule has 0 bridgehead atoms. The van der Waals surface area contributed by atoms with Crippen LogP contribution in [0.15, 0.2) is 28.2 Å². The van der Waals surface area contributed by atoms with E-state index in [0.29, 0.717) is 24.0 Å². The van der Waals surface area contributed by atoms with Crippen LogP contribution >= 0.6 is 11.8 Å². The van der Waals surface area contributed by atoms with Gasteiger partial charge in [-0.15, -0.1) is 5.10 Å². The zero-order chi connectivity index (χ0) is 15.2. The van der Waals surface area contributed by atoms with Crippen LogP contribution in [0.5, 0.6) is 5.75 Å². The molecule has 0 spiro atoms. The van der Waals surface area contributed by atoms with Crippen LogP contribution in [0.1, 0.15) is 24.5 Å². The number of rotatable bonds is 7. The smallest absolute Gasteiger partial charge is 0.343 e. The molecule has 1 heterocycles. The number of H-pyrrole nitrogens is 1. The van der Waals surface area contributed by atoms with Gasteiger partial charge in [-0.1, -0.05) is 24.8 Å². The second-order valence-electron chi connectivity index (χ2n) is 4.60. The van der Waals surface area contributed by atoms with Crippen molar-refractivity contribution in [3.05, 3.63) is 39.8 Å². The molecule has 0 aliphatic heterocycles. The van der Waals surface area contributed by atoms with Crippen LogP contribution in [-0.4, -0.2) is 21.9 Å². The molecule has 0 fully saturated rings. The first-order chi connectivity index (χ1) is 10.2. The van der Waals surface area contributed by atoms with Crippen molar-refractivity contribution in [2.45, 2.75) is 37.3 Å². The Balaban J connectivity index is 2.18. The fourth-order valence-corrected chi connectivity index (χ4v) is 3.00. The largest absolute Gasteiger partial charge is 0.496 e. The van der Waals surface area contributed by atoms with Crippen LogP contribution in [0.2, 0.25) is 0 Å². The Morgan fingerprint density at radius 3 is 2.95 bits per heavy atom. The SMILES string of the molecule is CCCn1c(SCc2cc(CN)ccc2OC)n[nH]c1=O. The number of nitrogens with zero attached hydrogens (tertiary/aromatic N) is 2. The van der Waals surface area contributed by atoms with Gasteiger partial charge in [0.2, 0.25) is 0 Å². The molecular formula is C14H20N4O2S. The predicted molar refractivity (Wildman–Crippen MR) is 83.6 cm³/mol. The lowest BCUT2D eigenvalue weighted by Crippen LogP contribution is -2.17. The Morgan fingerprint density at radius 1 is 1.48 bits per heavy atom. The third-order valence-corrected chi connectivity index (χ3v) is 4.13. The Bertz CT molecular complexity index is 651. The summed E-state index contributed by atoms with van der Waals surface area (Å²) in [6.07, 6.45) is 0.888. The molecule has 1 aromatic carbocycles. The fraction of sp³-hybridized carbons (Fsp3) is 0.429. The van der Waals surface area contributed by atoms with E-state index in [-0.39, 0.29) is 5.69 Å². The van der Waals surface area contributed by atoms with Gasteiger partial charge in [-0.05, 0) is 24.1 Å². The van der Waals surface area contributed by atoms with Crippen molar-refractivity contribution in [3.8, 4) is 5.75 Å². The van der Waals surface area contributed by atoms with Gasteiger partial charge in [0, 0.05) is 24.4 Å². The van der Waals surface area contributed by atoms with Crippen molar-refractivity contribution in [2.75, 3.05) is 7.11 Å². The maximum Gasteiger partial charge on any atom is 0.343 e. The van der Waals surface area contributed by atoms with Gasteiger partial charge in [0.05, 0.1) is 7.11 Å². The molecule has 0 radical (unpaired) electrons. The lowest BCUT2D eigenvalue weighted by molar-refractivity contribution is 0.411. The number of hydrogen-bond acceptors (Lipinski definition) is 5. The monoisotopic (exact) mass is 308 g/mol. The molecule has 21 heavy (non-hydrogen) atoms. The van der Waals surface area contributed by atoms with Gasteiger partial charge in [-0.25, -0.2) is 9.89 Å². The summed E-state index contributed by atoms with van der Waals surface area (Å²) in [7, 11) is 1.65. The number of thioether (sulfide) groups is 1. The Morgan fingerprint density at radius 2 is 2.29 bits per heavy atom. The van der Waals surface area contributed by atoms with Crippen LogP contribution in [0.25, 0.3) is 0 Å². The Labute approximate surface area is 127 Å². The molecule has 6 nitrogen and oxygen atoms in total. The van der Waals surface area contributed by atoms with Crippen LogP contribution in [0.4, 0.5) is 0 Å². The molecule has 2 rings (SSSR count). The van der Waals surface area contributed by atoms with Gasteiger partial charge in [-0.2, -0.15) is 0 Å². The number of ether oxygens (including phenoxy) is 1. The van der Waals surface area contributed by atoms with Gasteiger partial charge < -0.3 is 10.5 Å². The van der Waals surface area contributed by atoms with E-state index in [0.717, 1.165) is 23.3 Å². The zero-order valence-electron chi connectivity index (χ0n) is 12.3. The number of nitrogens with one attached hydrogen (secondary N) is 1. The number of hydrogen-bond donors (Lipinski definition) is 2. The minimum absolute atomic E-state index is 0.165. The maximum absolute atomic E-state index is 11.7. The predicted octanol–water partition coefficient (Wildman–Crippen LogP) is 1.74. The number of aromatic nitrogens is 3. The minimum atomic E-state index is -0.165. The van der Waals surface area contributed by atoms with Gasteiger partial charge >= 0.3 is 5.69 Å². The lowest BCUT2D eigenvalue weighted by Gasteiger charge is -2.10. The maximum atomic E-state index is 11.7. The standard InChI is InChI=1S/C14H20N4O2S/c1-3-6-18-13(19)16-17-14(18)21-9-11-7-10(8-15)4-5-12(11)20-2/h4-5,7H,3,6,8-9,15H2,1-2H3,(H,16,19). The van der Waals surface area contributed by atoms with Crippen LogP contribution in [-0.2, 0) is 18.8 Å². The molecular weight excluding hydrogens is 288 g/mol. The number of aromatic amines is 1. The molecule has 2 aromatic rings. The summed E-state index contributed by atoms with van der Waals surface area (Å²) in [5, 5.41) is 7.26. The first-order valence-corrected chi connectivity index (χ1v) is 7.82. The zero-order valence-corrected chi connectivity index (χ0v) is 13.1. The van der Waals surface area contributed by atoms with Crippen molar-refractivity contribution in [2.24, 2.45) is 5.73 Å². The molecule has 0 atom stereocenters. The summed E-state index contributed by atoms with van der Waals surface area (Å²) >= 11 is 1.51. The van der Waals surface area contributed by atoms with Gasteiger partial charge in [0.15, 0.2) is 5.16 Å². The van der Waals surface area contributed by atoms with E-state index >= 15 is 0 Å². The molecule has 114 valence electrons. The van der Waals surface area contributed by atoms with E-state index in [9.17, 15) is 4.79 Å². The molecule has 3 N–H and O–H groups in total. The van der Waals surface area contributed by atoms with Gasteiger partial charge in [-0.3, -0.25) is 4.57 Å². The van der Waals surface area contributed by atoms with Crippen molar-refractivity contribution >= 4 is 11.8 Å². The van der Waals surface area contributed by atoms with Crippen molar-refractivity contribution in [1.82, 2.24) is 14.8 Å². The highest BCUT2D eigenvalue weighted by Gasteiger charge is 2.10. The molecule has 0 unspecified atom stereocenters. The molecule has 0 amide bonds. The van der Waals surface area contributed by atoms with E-state index in [2.05, 4.69) is 10.2 Å². The number of methoxy groups -OCH3 is 1. The minimum Gasteiger partial charge on any atom is -0.496 e. The second-order valence-corrected chi connectivity index (χ2v) is 5.54. The molecule has 0 saturated heterocycles. The van der Waals surface area contributed by atoms with E-state index < -0.39 is 0 Å². The van der Waals surface area contributed by atoms with Gasteiger partial charge in [0.1, 0.15) is 5.75 Å². The summed E-state index contributed by atoms with van der Waals surface area (Å²) in [6, 6.07) is 5.90. The second kappa shape index (κ2) is 7.33. The summed E-state index contributed by atoms with van der Waals surface area (Å²) < 4.78 is 7.02. The number of nitrogens with two attached hydrogens (primary N) is 1. The Kier molecular flexibility index (Phi) is 5.46. The highest BCUT2D eigenvalue weighted by atomic mass is 32.2. The average Bonchev–Trinajstić information content (AvgIpc) is 2.86. The fourth-order valence-electron chi connectivity index (χ4n) is 2.05. The van der Waals surface area contributed by atoms with Crippen molar-refractivity contribution < 1.29 is 4.74 Å². The molecule has 7 heteroatoms. The first kappa shape index (κ1) is 15.7. The third-order valence-electron chi connectivity index (χ3n) is 3.11. The topological polar surface area (TPSA) is 85.9 Å². The quantitative estimate of drug-likeness (QED) is 0.761. The first-order valence-electron chi connectivity index (χ1n) is 6.83. The lowest BCUT2D eigenvalue weighted by atomic mass is 10.1. The normalized spacial score (nSPS) is 10.8. The van der Waals surface area contributed by atoms with E-state index in [1.165, 1.54) is 11.8 Å².